The lowest BCUT2D eigenvalue weighted by Gasteiger charge is -2.12. The van der Waals surface area contributed by atoms with Gasteiger partial charge in [-0.2, -0.15) is 0 Å². The molecule has 1 aromatic heterocycles. The van der Waals surface area contributed by atoms with Gasteiger partial charge in [-0.1, -0.05) is 24.3 Å². The van der Waals surface area contributed by atoms with Gasteiger partial charge < -0.3 is 9.88 Å². The van der Waals surface area contributed by atoms with Crippen molar-refractivity contribution in [2.24, 2.45) is 0 Å². The Bertz CT molecular complexity index is 1200. The van der Waals surface area contributed by atoms with Gasteiger partial charge >= 0.3 is 0 Å². The maximum Gasteiger partial charge on any atom is 0.294 e. The van der Waals surface area contributed by atoms with E-state index >= 15 is 0 Å². The molecule has 1 saturated heterocycles. The minimum atomic E-state index is -0.577. The molecule has 152 valence electrons. The summed E-state index contributed by atoms with van der Waals surface area (Å²) in [4.78, 5) is 38.5. The van der Waals surface area contributed by atoms with Gasteiger partial charge in [-0.15, -0.1) is 0 Å². The molecule has 0 aliphatic carbocycles. The van der Waals surface area contributed by atoms with E-state index in [-0.39, 0.29) is 10.6 Å². The smallest absolute Gasteiger partial charge is 0.294 e. The van der Waals surface area contributed by atoms with Crippen LogP contribution in [0.4, 0.5) is 14.9 Å². The number of anilines is 1. The number of fused-ring (bicyclic) bond motifs is 1. The van der Waals surface area contributed by atoms with Gasteiger partial charge in [0.25, 0.3) is 11.1 Å². The van der Waals surface area contributed by atoms with E-state index in [0.29, 0.717) is 0 Å². The van der Waals surface area contributed by atoms with Gasteiger partial charge in [0.2, 0.25) is 5.91 Å². The van der Waals surface area contributed by atoms with Gasteiger partial charge in [-0.25, -0.2) is 4.39 Å². The molecule has 3 amide bonds. The molecule has 0 radical (unpaired) electrons. The molecule has 0 atom stereocenters. The van der Waals surface area contributed by atoms with Crippen molar-refractivity contribution in [1.29, 1.82) is 0 Å². The third kappa shape index (κ3) is 3.86. The van der Waals surface area contributed by atoms with Crippen LogP contribution in [0.1, 0.15) is 12.5 Å². The Morgan fingerprint density at radius 1 is 1.17 bits per heavy atom. The van der Waals surface area contributed by atoms with Gasteiger partial charge in [-0.05, 0) is 49.0 Å². The third-order valence-corrected chi connectivity index (χ3v) is 5.64. The predicted molar refractivity (Wildman–Crippen MR) is 115 cm³/mol. The molecule has 4 rings (SSSR count). The second-order valence-corrected chi connectivity index (χ2v) is 7.71. The quantitative estimate of drug-likeness (QED) is 0.615. The van der Waals surface area contributed by atoms with E-state index in [9.17, 15) is 18.8 Å². The number of imide groups is 1. The molecule has 0 spiro atoms. The normalized spacial score (nSPS) is 15.4. The van der Waals surface area contributed by atoms with Crippen LogP contribution in [0.3, 0.4) is 0 Å². The molecule has 2 heterocycles. The summed E-state index contributed by atoms with van der Waals surface area (Å²) < 4.78 is 15.3. The van der Waals surface area contributed by atoms with Crippen LogP contribution in [0.15, 0.2) is 59.6 Å². The topological polar surface area (TPSA) is 71.4 Å². The molecule has 1 N–H and O–H groups in total. The lowest BCUT2D eigenvalue weighted by Crippen LogP contribution is -2.36. The fourth-order valence-corrected chi connectivity index (χ4v) is 4.17. The summed E-state index contributed by atoms with van der Waals surface area (Å²) in [6, 6.07) is 13.2. The van der Waals surface area contributed by atoms with Crippen LogP contribution in [0.5, 0.6) is 0 Å². The first-order chi connectivity index (χ1) is 14.5. The molecule has 30 heavy (non-hydrogen) atoms. The molecule has 3 aromatic rings. The summed E-state index contributed by atoms with van der Waals surface area (Å²) in [5.41, 5.74) is 2.14. The van der Waals surface area contributed by atoms with E-state index in [1.165, 1.54) is 18.2 Å². The van der Waals surface area contributed by atoms with Crippen molar-refractivity contribution in [2.75, 3.05) is 11.9 Å². The first-order valence-electron chi connectivity index (χ1n) is 9.35. The number of halogens is 1. The van der Waals surface area contributed by atoms with Crippen molar-refractivity contribution in [1.82, 2.24) is 9.47 Å². The summed E-state index contributed by atoms with van der Waals surface area (Å²) in [6.45, 7) is 2.37. The summed E-state index contributed by atoms with van der Waals surface area (Å²) in [7, 11) is 0. The fraction of sp³-hybridized carbons (Fsp3) is 0.136. The van der Waals surface area contributed by atoms with Crippen molar-refractivity contribution in [3.8, 4) is 0 Å². The zero-order chi connectivity index (χ0) is 21.3. The number of thioether (sulfide) groups is 1. The average molecular weight is 423 g/mol. The highest BCUT2D eigenvalue weighted by atomic mass is 32.2. The van der Waals surface area contributed by atoms with Crippen LogP contribution < -0.4 is 5.32 Å². The lowest BCUT2D eigenvalue weighted by molar-refractivity contribution is -0.127. The highest BCUT2D eigenvalue weighted by Crippen LogP contribution is 2.34. The Morgan fingerprint density at radius 3 is 2.73 bits per heavy atom. The number of aromatic nitrogens is 1. The predicted octanol–water partition coefficient (Wildman–Crippen LogP) is 4.48. The van der Waals surface area contributed by atoms with Crippen LogP contribution in [0, 0.1) is 5.82 Å². The van der Waals surface area contributed by atoms with Crippen LogP contribution in [0.25, 0.3) is 17.0 Å². The minimum absolute atomic E-state index is 0.259. The number of para-hydroxylation sites is 1. The molecule has 6 nitrogen and oxygen atoms in total. The van der Waals surface area contributed by atoms with Gasteiger partial charge in [-0.3, -0.25) is 19.3 Å². The Labute approximate surface area is 176 Å². The van der Waals surface area contributed by atoms with Crippen molar-refractivity contribution >= 4 is 51.5 Å². The molecule has 1 aliphatic heterocycles. The number of nitrogens with zero attached hydrogens (tertiary/aromatic N) is 2. The van der Waals surface area contributed by atoms with E-state index in [1.54, 1.807) is 6.08 Å². The Morgan fingerprint density at radius 2 is 1.97 bits per heavy atom. The summed E-state index contributed by atoms with van der Waals surface area (Å²) in [5.74, 6) is -1.59. The highest BCUT2D eigenvalue weighted by Gasteiger charge is 2.36. The van der Waals surface area contributed by atoms with Crippen LogP contribution >= 0.6 is 11.8 Å². The number of carbonyl (C=O) groups is 3. The number of hydrogen-bond acceptors (Lipinski definition) is 4. The molecule has 8 heteroatoms. The van der Waals surface area contributed by atoms with Gasteiger partial charge in [0.05, 0.1) is 4.91 Å². The lowest BCUT2D eigenvalue weighted by atomic mass is 10.1. The zero-order valence-electron chi connectivity index (χ0n) is 16.1. The number of nitrogens with one attached hydrogen (secondary N) is 1. The number of hydrogen-bond donors (Lipinski definition) is 1. The number of amides is 3. The Kier molecular flexibility index (Phi) is 5.41. The maximum absolute atomic E-state index is 13.3. The van der Waals surface area contributed by atoms with Crippen molar-refractivity contribution in [2.45, 2.75) is 13.5 Å². The van der Waals surface area contributed by atoms with Crippen molar-refractivity contribution < 1.29 is 18.8 Å². The number of benzene rings is 2. The fourth-order valence-electron chi connectivity index (χ4n) is 3.34. The van der Waals surface area contributed by atoms with Gasteiger partial charge in [0.15, 0.2) is 0 Å². The molecular weight excluding hydrogens is 405 g/mol. The van der Waals surface area contributed by atoms with E-state index in [2.05, 4.69) is 9.88 Å². The molecule has 1 fully saturated rings. The summed E-state index contributed by atoms with van der Waals surface area (Å²) >= 11 is 0.802. The summed E-state index contributed by atoms with van der Waals surface area (Å²) in [5, 5.41) is 2.96. The number of carbonyl (C=O) groups excluding carboxylic acids is 3. The largest absolute Gasteiger partial charge is 0.347 e. The summed E-state index contributed by atoms with van der Waals surface area (Å²) in [6.07, 6.45) is 3.62. The number of rotatable bonds is 5. The molecule has 0 bridgehead atoms. The SMILES string of the molecule is CCn1cc(/C=C2/SC(=O)N(CC(=O)Nc3cccc(F)c3)C2=O)c2ccccc21. The van der Waals surface area contributed by atoms with Gasteiger partial charge in [0, 0.05) is 34.9 Å². The van der Waals surface area contributed by atoms with Crippen molar-refractivity contribution in [3.05, 3.63) is 71.0 Å². The van der Waals surface area contributed by atoms with E-state index < -0.39 is 29.4 Å². The highest BCUT2D eigenvalue weighted by molar-refractivity contribution is 8.18. The maximum atomic E-state index is 13.3. The molecule has 1 aliphatic rings. The molecule has 0 saturated carbocycles. The Balaban J connectivity index is 1.54. The van der Waals surface area contributed by atoms with Crippen LogP contribution in [-0.2, 0) is 16.1 Å². The Hall–Kier alpha value is -3.39. The molecular formula is C22H18FN3O3S. The minimum Gasteiger partial charge on any atom is -0.347 e. The second-order valence-electron chi connectivity index (χ2n) is 6.71. The number of aryl methyl sites for hydroxylation is 1. The first-order valence-corrected chi connectivity index (χ1v) is 10.2. The average Bonchev–Trinajstić information content (AvgIpc) is 3.20. The standard InChI is InChI=1S/C22H18FN3O3S/c1-2-25-12-14(17-8-3-4-9-18(17)25)10-19-21(28)26(22(29)30-19)13-20(27)24-16-7-5-6-15(23)11-16/h3-12H,2,13H2,1H3,(H,24,27)/b19-10+. The van der Waals surface area contributed by atoms with Gasteiger partial charge in [0.1, 0.15) is 12.4 Å². The van der Waals surface area contributed by atoms with E-state index in [4.69, 9.17) is 0 Å². The molecule has 0 unspecified atom stereocenters. The molecule has 2 aromatic carbocycles. The van der Waals surface area contributed by atoms with Crippen molar-refractivity contribution in [3.63, 3.8) is 0 Å². The van der Waals surface area contributed by atoms with Crippen LogP contribution in [0.2, 0.25) is 0 Å². The van der Waals surface area contributed by atoms with E-state index in [0.717, 1.165) is 45.7 Å². The first kappa shape index (κ1) is 19.9. The van der Waals surface area contributed by atoms with E-state index in [1.807, 2.05) is 37.4 Å². The third-order valence-electron chi connectivity index (χ3n) is 4.73. The second kappa shape index (κ2) is 8.16. The monoisotopic (exact) mass is 423 g/mol. The zero-order valence-corrected chi connectivity index (χ0v) is 16.9. The van der Waals surface area contributed by atoms with Crippen LogP contribution in [-0.4, -0.2) is 33.1 Å².